The Morgan fingerprint density at radius 3 is 2.90 bits per heavy atom. The summed E-state index contributed by atoms with van der Waals surface area (Å²) in [6.45, 7) is 3.48. The first-order valence-corrected chi connectivity index (χ1v) is 11.0. The van der Waals surface area contributed by atoms with Gasteiger partial charge in [-0.2, -0.15) is 0 Å². The fourth-order valence-electron chi connectivity index (χ4n) is 6.56. The van der Waals surface area contributed by atoms with Crippen LogP contribution in [0.3, 0.4) is 0 Å². The van der Waals surface area contributed by atoms with Crippen molar-refractivity contribution in [2.75, 3.05) is 47.1 Å². The molecule has 2 aliphatic heterocycles. The van der Waals surface area contributed by atoms with E-state index in [1.807, 2.05) is 0 Å². The second-order valence-electron chi connectivity index (χ2n) is 9.03. The molecule has 0 amide bonds. The fraction of sp³-hybridized carbons (Fsp3) is 0.739. The van der Waals surface area contributed by atoms with Crippen LogP contribution in [0.1, 0.15) is 36.0 Å². The van der Waals surface area contributed by atoms with Gasteiger partial charge in [0.25, 0.3) is 0 Å². The number of ether oxygens (including phenoxy) is 4. The highest BCUT2D eigenvalue weighted by atomic mass is 16.6. The maximum Gasteiger partial charge on any atom is 0.135 e. The Kier molecular flexibility index (Phi) is 5.33. The molecule has 0 radical (unpaired) electrons. The molecule has 2 bridgehead atoms. The van der Waals surface area contributed by atoms with Crippen molar-refractivity contribution < 1.29 is 24.1 Å². The van der Waals surface area contributed by atoms with E-state index in [4.69, 9.17) is 18.9 Å². The summed E-state index contributed by atoms with van der Waals surface area (Å²) in [5, 5.41) is 9.94. The number of benzene rings is 1. The zero-order valence-electron chi connectivity index (χ0n) is 17.6. The number of nitrogens with zero attached hydrogens (tertiary/aromatic N) is 1. The SMILES string of the molecule is COCCOCCO[C@H]1CCC2C3Cc4ccc(CO)c5c4[C@@]2(CCN3C)[C@H]1O5. The van der Waals surface area contributed by atoms with E-state index in [0.29, 0.717) is 38.4 Å². The van der Waals surface area contributed by atoms with Crippen LogP contribution < -0.4 is 4.74 Å². The number of hydrogen-bond acceptors (Lipinski definition) is 6. The van der Waals surface area contributed by atoms with Gasteiger partial charge in [0.05, 0.1) is 39.1 Å². The van der Waals surface area contributed by atoms with Gasteiger partial charge in [-0.3, -0.25) is 0 Å². The number of likely N-dealkylation sites (tertiary alicyclic amines) is 1. The summed E-state index contributed by atoms with van der Waals surface area (Å²) in [5.74, 6) is 1.56. The zero-order chi connectivity index (χ0) is 20.0. The summed E-state index contributed by atoms with van der Waals surface area (Å²) < 4.78 is 23.6. The molecule has 5 atom stereocenters. The quantitative estimate of drug-likeness (QED) is 0.669. The van der Waals surface area contributed by atoms with Crippen LogP contribution in [0.2, 0.25) is 0 Å². The summed E-state index contributed by atoms with van der Waals surface area (Å²) in [4.78, 5) is 2.55. The number of aliphatic hydroxyl groups excluding tert-OH is 1. The van der Waals surface area contributed by atoms with Gasteiger partial charge in [0.2, 0.25) is 0 Å². The van der Waals surface area contributed by atoms with Gasteiger partial charge in [0.1, 0.15) is 11.9 Å². The van der Waals surface area contributed by atoms with Gasteiger partial charge in [0, 0.05) is 29.7 Å². The molecule has 1 N–H and O–H groups in total. The van der Waals surface area contributed by atoms with Crippen LogP contribution in [0.25, 0.3) is 0 Å². The topological polar surface area (TPSA) is 60.4 Å². The predicted octanol–water partition coefficient (Wildman–Crippen LogP) is 1.90. The number of piperidine rings is 1. The molecule has 1 saturated carbocycles. The van der Waals surface area contributed by atoms with Crippen LogP contribution in [-0.2, 0) is 32.7 Å². The number of aliphatic hydroxyl groups is 1. The fourth-order valence-corrected chi connectivity index (χ4v) is 6.56. The van der Waals surface area contributed by atoms with Gasteiger partial charge < -0.3 is 29.0 Å². The Morgan fingerprint density at radius 2 is 2.07 bits per heavy atom. The van der Waals surface area contributed by atoms with E-state index in [0.717, 1.165) is 37.1 Å². The Morgan fingerprint density at radius 1 is 1.21 bits per heavy atom. The van der Waals surface area contributed by atoms with Crippen molar-refractivity contribution in [3.63, 3.8) is 0 Å². The van der Waals surface area contributed by atoms with Crippen molar-refractivity contribution in [3.8, 4) is 5.75 Å². The monoisotopic (exact) mass is 403 g/mol. The van der Waals surface area contributed by atoms with E-state index in [2.05, 4.69) is 24.1 Å². The predicted molar refractivity (Wildman–Crippen MR) is 108 cm³/mol. The minimum atomic E-state index is 0.0261. The van der Waals surface area contributed by atoms with Crippen LogP contribution in [0.4, 0.5) is 0 Å². The third-order valence-corrected chi connectivity index (χ3v) is 7.80. The van der Waals surface area contributed by atoms with Crippen molar-refractivity contribution >= 4 is 0 Å². The maximum absolute atomic E-state index is 9.94. The van der Waals surface area contributed by atoms with Gasteiger partial charge in [-0.15, -0.1) is 0 Å². The molecule has 1 aromatic carbocycles. The van der Waals surface area contributed by atoms with E-state index in [-0.39, 0.29) is 24.2 Å². The van der Waals surface area contributed by atoms with Gasteiger partial charge in [0.15, 0.2) is 0 Å². The minimum absolute atomic E-state index is 0.0261. The van der Waals surface area contributed by atoms with Gasteiger partial charge in [-0.1, -0.05) is 12.1 Å². The molecule has 2 heterocycles. The summed E-state index contributed by atoms with van der Waals surface area (Å²) in [7, 11) is 3.96. The lowest BCUT2D eigenvalue weighted by molar-refractivity contribution is -0.129. The third-order valence-electron chi connectivity index (χ3n) is 7.80. The van der Waals surface area contributed by atoms with Crippen molar-refractivity contribution in [3.05, 3.63) is 28.8 Å². The van der Waals surface area contributed by atoms with Gasteiger partial charge in [-0.25, -0.2) is 0 Å². The molecular weight excluding hydrogens is 370 g/mol. The Hall–Kier alpha value is -1.18. The lowest BCUT2D eigenvalue weighted by atomic mass is 9.51. The van der Waals surface area contributed by atoms with Crippen LogP contribution in [0, 0.1) is 5.92 Å². The number of hydrogen-bond donors (Lipinski definition) is 1. The molecule has 5 rings (SSSR count). The standard InChI is InChI=1S/C23H33NO5/c1-24-8-7-23-17-5-6-19(28-12-11-27-10-9-26-2)22(23)29-21-16(14-25)4-3-15(20(21)23)13-18(17)24/h3-4,17-19,22,25H,5-14H2,1-2H3/t17?,18?,19-,22-,23-/m0/s1. The molecule has 2 aliphatic carbocycles. The van der Waals surface area contributed by atoms with E-state index in [1.54, 1.807) is 7.11 Å². The highest BCUT2D eigenvalue weighted by Gasteiger charge is 2.65. The highest BCUT2D eigenvalue weighted by Crippen LogP contribution is 2.63. The van der Waals surface area contributed by atoms with Gasteiger partial charge in [-0.05, 0) is 50.8 Å². The summed E-state index contributed by atoms with van der Waals surface area (Å²) in [5.41, 5.74) is 3.76. The van der Waals surface area contributed by atoms with Crippen molar-refractivity contribution in [1.29, 1.82) is 0 Å². The van der Waals surface area contributed by atoms with E-state index < -0.39 is 0 Å². The second-order valence-corrected chi connectivity index (χ2v) is 9.03. The van der Waals surface area contributed by atoms with E-state index >= 15 is 0 Å². The maximum atomic E-state index is 9.94. The first-order chi connectivity index (χ1) is 14.2. The minimum Gasteiger partial charge on any atom is -0.486 e. The molecule has 1 saturated heterocycles. The molecule has 160 valence electrons. The van der Waals surface area contributed by atoms with Gasteiger partial charge >= 0.3 is 0 Å². The molecule has 0 aromatic heterocycles. The zero-order valence-corrected chi connectivity index (χ0v) is 17.6. The number of likely N-dealkylation sites (N-methyl/N-ethyl adjacent to an activating group) is 1. The largest absolute Gasteiger partial charge is 0.486 e. The molecule has 29 heavy (non-hydrogen) atoms. The summed E-state index contributed by atoms with van der Waals surface area (Å²) >= 11 is 0. The van der Waals surface area contributed by atoms with E-state index in [1.165, 1.54) is 17.5 Å². The third kappa shape index (κ3) is 2.95. The average molecular weight is 404 g/mol. The second kappa shape index (κ2) is 7.82. The lowest BCUT2D eigenvalue weighted by Crippen LogP contribution is -2.66. The van der Waals surface area contributed by atoms with Crippen LogP contribution in [0.15, 0.2) is 12.1 Å². The summed E-state index contributed by atoms with van der Waals surface area (Å²) in [6, 6.07) is 4.86. The number of methoxy groups -OCH3 is 1. The molecule has 2 fully saturated rings. The molecule has 1 spiro atoms. The van der Waals surface area contributed by atoms with Crippen LogP contribution in [-0.4, -0.2) is 75.4 Å². The first kappa shape index (κ1) is 19.8. The molecule has 6 nitrogen and oxygen atoms in total. The molecule has 1 aromatic rings. The molecule has 4 aliphatic rings. The Labute approximate surface area is 173 Å². The lowest BCUT2D eigenvalue weighted by Gasteiger charge is -2.58. The van der Waals surface area contributed by atoms with E-state index in [9.17, 15) is 5.11 Å². The Balaban J connectivity index is 1.43. The average Bonchev–Trinajstić information content (AvgIpc) is 3.09. The molecule has 6 heteroatoms. The van der Waals surface area contributed by atoms with Crippen molar-refractivity contribution in [2.45, 2.75) is 56.0 Å². The van der Waals surface area contributed by atoms with Crippen LogP contribution >= 0.6 is 0 Å². The first-order valence-electron chi connectivity index (χ1n) is 11.0. The van der Waals surface area contributed by atoms with Crippen LogP contribution in [0.5, 0.6) is 5.75 Å². The smallest absolute Gasteiger partial charge is 0.135 e. The number of rotatable bonds is 8. The Bertz CT molecular complexity index is 755. The normalized spacial score (nSPS) is 34.7. The summed E-state index contributed by atoms with van der Waals surface area (Å²) in [6.07, 6.45) is 4.51. The highest BCUT2D eigenvalue weighted by molar-refractivity contribution is 5.58. The molecular formula is C23H33NO5. The van der Waals surface area contributed by atoms with Crippen molar-refractivity contribution in [1.82, 2.24) is 4.90 Å². The molecule has 2 unspecified atom stereocenters. The van der Waals surface area contributed by atoms with Crippen molar-refractivity contribution in [2.24, 2.45) is 5.92 Å².